The summed E-state index contributed by atoms with van der Waals surface area (Å²) in [6.07, 6.45) is 3.95. The Morgan fingerprint density at radius 1 is 1.27 bits per heavy atom. The number of nitrogens with zero attached hydrogens (tertiary/aromatic N) is 1. The van der Waals surface area contributed by atoms with E-state index in [9.17, 15) is 14.4 Å². The number of anilines is 1. The minimum atomic E-state index is -0.852. The van der Waals surface area contributed by atoms with Crippen molar-refractivity contribution in [2.75, 3.05) is 12.3 Å². The third kappa shape index (κ3) is 3.26. The van der Waals surface area contributed by atoms with Gasteiger partial charge in [-0.2, -0.15) is 0 Å². The molecule has 30 heavy (non-hydrogen) atoms. The number of primary amides is 1. The molecule has 2 heterocycles. The fourth-order valence-electron chi connectivity index (χ4n) is 4.03. The fourth-order valence-corrected chi connectivity index (χ4v) is 5.19. The molecule has 1 aliphatic carbocycles. The van der Waals surface area contributed by atoms with E-state index < -0.39 is 11.3 Å². The number of fused-ring (bicyclic) bond motifs is 1. The molecule has 0 bridgehead atoms. The molecule has 4 rings (SSSR count). The number of hydrogen-bond donors (Lipinski definition) is 3. The molecule has 3 aromatic rings. The lowest BCUT2D eigenvalue weighted by molar-refractivity contribution is 0.0833. The average Bonchev–Trinajstić information content (AvgIpc) is 3.09. The number of nitrogens with two attached hydrogens (primary N) is 2. The number of ketones is 1. The fraction of sp³-hybridized carbons (Fsp3) is 0.238. The van der Waals surface area contributed by atoms with E-state index in [1.807, 2.05) is 30.3 Å². The Morgan fingerprint density at radius 3 is 2.73 bits per heavy atom. The summed E-state index contributed by atoms with van der Waals surface area (Å²) in [6.45, 7) is 0.147. The number of carbonyl (C=O) groups is 2. The van der Waals surface area contributed by atoms with Gasteiger partial charge in [-0.05, 0) is 30.4 Å². The number of ether oxygens (including phenoxy) is 1. The van der Waals surface area contributed by atoms with Crippen molar-refractivity contribution in [3.63, 3.8) is 0 Å². The van der Waals surface area contributed by atoms with Gasteiger partial charge in [-0.1, -0.05) is 30.3 Å². The highest BCUT2D eigenvalue weighted by molar-refractivity contribution is 7.18. The molecule has 0 fully saturated rings. The van der Waals surface area contributed by atoms with Crippen LogP contribution in [0.4, 0.5) is 5.00 Å². The van der Waals surface area contributed by atoms with Crippen LogP contribution in [0, 0.1) is 0 Å². The minimum absolute atomic E-state index is 0.0982. The van der Waals surface area contributed by atoms with E-state index in [0.717, 1.165) is 16.9 Å². The maximum absolute atomic E-state index is 13.7. The van der Waals surface area contributed by atoms with Crippen molar-refractivity contribution in [3.8, 4) is 5.75 Å². The normalized spacial score (nSPS) is 18.1. The van der Waals surface area contributed by atoms with Gasteiger partial charge in [0.05, 0.1) is 40.0 Å². The van der Waals surface area contributed by atoms with E-state index in [2.05, 4.69) is 9.97 Å². The second-order valence-corrected chi connectivity index (χ2v) is 8.19. The molecule has 154 valence electrons. The van der Waals surface area contributed by atoms with E-state index in [-0.39, 0.29) is 34.3 Å². The molecular formula is C21H20N4O4S. The third-order valence-electron chi connectivity index (χ3n) is 5.52. The largest absolute Gasteiger partial charge is 0.487 e. The molecule has 1 aromatic carbocycles. The summed E-state index contributed by atoms with van der Waals surface area (Å²) in [5.41, 5.74) is 12.0. The van der Waals surface area contributed by atoms with E-state index in [1.54, 1.807) is 0 Å². The first-order valence-electron chi connectivity index (χ1n) is 9.41. The van der Waals surface area contributed by atoms with Crippen molar-refractivity contribution in [3.05, 3.63) is 74.8 Å². The summed E-state index contributed by atoms with van der Waals surface area (Å²) in [5, 5.41) is 0.267. The number of rotatable bonds is 6. The highest BCUT2D eigenvalue weighted by Gasteiger charge is 2.46. The van der Waals surface area contributed by atoms with Crippen LogP contribution in [0.1, 0.15) is 44.0 Å². The lowest BCUT2D eigenvalue weighted by Crippen LogP contribution is -2.41. The van der Waals surface area contributed by atoms with Gasteiger partial charge < -0.3 is 21.2 Å². The first-order valence-corrected chi connectivity index (χ1v) is 10.2. The molecule has 8 nitrogen and oxygen atoms in total. The minimum Gasteiger partial charge on any atom is -0.487 e. The van der Waals surface area contributed by atoms with E-state index in [0.29, 0.717) is 29.7 Å². The quantitative estimate of drug-likeness (QED) is 0.553. The molecule has 0 saturated heterocycles. The summed E-state index contributed by atoms with van der Waals surface area (Å²) in [7, 11) is 0. The second-order valence-electron chi connectivity index (χ2n) is 7.13. The van der Waals surface area contributed by atoms with E-state index >= 15 is 0 Å². The van der Waals surface area contributed by atoms with Crippen LogP contribution >= 0.6 is 11.3 Å². The van der Waals surface area contributed by atoms with Crippen molar-refractivity contribution in [2.24, 2.45) is 5.73 Å². The molecule has 1 amide bonds. The molecule has 0 aliphatic heterocycles. The van der Waals surface area contributed by atoms with Crippen LogP contribution in [0.3, 0.4) is 0 Å². The monoisotopic (exact) mass is 424 g/mol. The first kappa shape index (κ1) is 19.8. The second kappa shape index (κ2) is 7.75. The number of aromatic amines is 1. The summed E-state index contributed by atoms with van der Waals surface area (Å²) >= 11 is 1.10. The van der Waals surface area contributed by atoms with Crippen LogP contribution in [-0.4, -0.2) is 28.3 Å². The number of thiophene rings is 1. The molecule has 1 atom stereocenters. The van der Waals surface area contributed by atoms with Crippen LogP contribution in [-0.2, 0) is 11.8 Å². The summed E-state index contributed by atoms with van der Waals surface area (Å²) in [4.78, 5) is 44.2. The Balaban J connectivity index is 1.70. The average molecular weight is 424 g/mol. The number of aromatic nitrogens is 2. The van der Waals surface area contributed by atoms with Gasteiger partial charge >= 0.3 is 0 Å². The summed E-state index contributed by atoms with van der Waals surface area (Å²) in [6, 6.07) is 9.46. The number of nitrogens with one attached hydrogen (secondary N) is 1. The third-order valence-corrected chi connectivity index (χ3v) is 6.58. The van der Waals surface area contributed by atoms with Gasteiger partial charge in [-0.25, -0.2) is 4.98 Å². The Bertz CT molecular complexity index is 1170. The Hall–Kier alpha value is -3.46. The van der Waals surface area contributed by atoms with Gasteiger partial charge in [0.25, 0.3) is 11.5 Å². The zero-order valence-electron chi connectivity index (χ0n) is 16.0. The molecule has 1 aliphatic rings. The lowest BCUT2D eigenvalue weighted by atomic mass is 9.66. The van der Waals surface area contributed by atoms with Gasteiger partial charge in [0.15, 0.2) is 5.78 Å². The van der Waals surface area contributed by atoms with Gasteiger partial charge in [0.1, 0.15) is 0 Å². The predicted octanol–water partition coefficient (Wildman–Crippen LogP) is 2.05. The van der Waals surface area contributed by atoms with Crippen molar-refractivity contribution < 1.29 is 14.3 Å². The van der Waals surface area contributed by atoms with Gasteiger partial charge in [0.2, 0.25) is 5.75 Å². The number of Topliss-reactive ketones (excluding diaryl/α,β-unsaturated/α-hetero) is 1. The molecule has 0 spiro atoms. The maximum Gasteiger partial charge on any atom is 0.293 e. The van der Waals surface area contributed by atoms with Crippen molar-refractivity contribution >= 4 is 28.0 Å². The Labute approximate surface area is 175 Å². The number of nitrogen functional groups attached to an aromatic ring is 1. The number of hydrogen-bond acceptors (Lipinski definition) is 7. The van der Waals surface area contributed by atoms with Crippen molar-refractivity contribution in [2.45, 2.75) is 24.7 Å². The zero-order chi connectivity index (χ0) is 21.3. The van der Waals surface area contributed by atoms with Crippen LogP contribution in [0.25, 0.3) is 0 Å². The van der Waals surface area contributed by atoms with Crippen molar-refractivity contribution in [1.29, 1.82) is 0 Å². The topological polar surface area (TPSA) is 141 Å². The van der Waals surface area contributed by atoms with E-state index in [1.165, 1.54) is 12.5 Å². The molecule has 0 radical (unpaired) electrons. The smallest absolute Gasteiger partial charge is 0.293 e. The molecular weight excluding hydrogens is 404 g/mol. The Morgan fingerprint density at radius 2 is 2.03 bits per heavy atom. The van der Waals surface area contributed by atoms with Gasteiger partial charge in [-0.3, -0.25) is 14.4 Å². The van der Waals surface area contributed by atoms with Crippen LogP contribution in [0.5, 0.6) is 5.75 Å². The molecule has 1 unspecified atom stereocenters. The van der Waals surface area contributed by atoms with Crippen LogP contribution < -0.4 is 21.8 Å². The molecule has 0 saturated carbocycles. The van der Waals surface area contributed by atoms with Gasteiger partial charge in [-0.15, -0.1) is 11.3 Å². The van der Waals surface area contributed by atoms with Crippen LogP contribution in [0.15, 0.2) is 47.7 Å². The first-order chi connectivity index (χ1) is 14.4. The van der Waals surface area contributed by atoms with Crippen LogP contribution in [0.2, 0.25) is 0 Å². The number of H-pyrrole nitrogens is 1. The predicted molar refractivity (Wildman–Crippen MR) is 113 cm³/mol. The highest BCUT2D eigenvalue weighted by atomic mass is 32.1. The Kier molecular flexibility index (Phi) is 5.13. The summed E-state index contributed by atoms with van der Waals surface area (Å²) < 4.78 is 5.64. The highest BCUT2D eigenvalue weighted by Crippen LogP contribution is 2.46. The lowest BCUT2D eigenvalue weighted by Gasteiger charge is -2.36. The maximum atomic E-state index is 13.7. The SMILES string of the molecule is NC(=O)c1c(N)sc2c1CCC(CCOc1cnc[nH]c1=O)(c1ccccc1)C2=O. The zero-order valence-corrected chi connectivity index (χ0v) is 16.8. The molecule has 2 aromatic heterocycles. The van der Waals surface area contributed by atoms with E-state index in [4.69, 9.17) is 16.2 Å². The standard InChI is InChI=1S/C21H20N4O4S/c22-18(27)15-13-6-7-21(12-4-2-1-3-5-12,17(26)16(13)30-19(15)23)8-9-29-14-10-24-11-25-20(14)28/h1-5,10-11H,6-9,23H2,(H2,22,27)(H,24,25,28). The summed E-state index contributed by atoms with van der Waals surface area (Å²) in [5.74, 6) is -0.631. The molecule has 5 N–H and O–H groups in total. The number of carbonyl (C=O) groups excluding carboxylic acids is 2. The number of amides is 1. The molecule has 9 heteroatoms. The number of benzene rings is 1. The van der Waals surface area contributed by atoms with Crippen molar-refractivity contribution in [1.82, 2.24) is 9.97 Å². The van der Waals surface area contributed by atoms with Gasteiger partial charge in [0, 0.05) is 0 Å².